The number of aldehydes is 1. The standard InChI is InChI=1S/C43H56N6O7/c1-29(49(46-45)37-27-33(54-6)18-19-38(37)55-7)23-30-24-31(43(2,3)4)26-34(25-30)56-22-13-11-9-8-10-12-21-47(5)39(51)20-17-32(28-50)48-41(52)35-15-14-16-36(44)40(35)42(48)53/h14-16,18-19,23-28,32,45H,8-13,17,20-22,44H2,1-7H3/b29-23+,46-45?. The number of nitrogen functional groups attached to an aromatic ring is 1. The van der Waals surface area contributed by atoms with Crippen LogP contribution in [0.25, 0.3) is 6.08 Å². The van der Waals surface area contributed by atoms with Gasteiger partial charge in [-0.05, 0) is 85.2 Å². The molecule has 1 unspecified atom stereocenters. The average molecular weight is 769 g/mol. The van der Waals surface area contributed by atoms with Gasteiger partial charge in [-0.3, -0.25) is 19.3 Å². The molecule has 0 aromatic heterocycles. The molecule has 1 atom stereocenters. The summed E-state index contributed by atoms with van der Waals surface area (Å²) >= 11 is 0. The van der Waals surface area contributed by atoms with E-state index in [0.717, 1.165) is 66.0 Å². The monoisotopic (exact) mass is 768 g/mol. The van der Waals surface area contributed by atoms with Gasteiger partial charge in [-0.15, -0.1) is 0 Å². The van der Waals surface area contributed by atoms with E-state index in [-0.39, 0.29) is 41.0 Å². The van der Waals surface area contributed by atoms with E-state index in [1.165, 1.54) is 17.1 Å². The number of nitrogens with zero attached hydrogens (tertiary/aromatic N) is 4. The van der Waals surface area contributed by atoms with Crippen molar-refractivity contribution in [1.29, 1.82) is 5.53 Å². The number of fused-ring (bicyclic) bond motifs is 1. The Labute approximate surface area is 330 Å². The first-order valence-electron chi connectivity index (χ1n) is 19.1. The molecule has 0 fully saturated rings. The van der Waals surface area contributed by atoms with E-state index in [1.807, 2.05) is 19.1 Å². The maximum absolute atomic E-state index is 12.9. The molecular weight excluding hydrogens is 713 g/mol. The molecule has 1 aliphatic heterocycles. The molecule has 13 nitrogen and oxygen atoms in total. The highest BCUT2D eigenvalue weighted by Crippen LogP contribution is 2.36. The minimum absolute atomic E-state index is 0.0385. The van der Waals surface area contributed by atoms with Crippen LogP contribution in [0.3, 0.4) is 0 Å². The van der Waals surface area contributed by atoms with Crippen molar-refractivity contribution >= 4 is 41.5 Å². The summed E-state index contributed by atoms with van der Waals surface area (Å²) in [6, 6.07) is 15.2. The number of carbonyl (C=O) groups excluding carboxylic acids is 4. The first kappa shape index (κ1) is 43.0. The molecule has 0 radical (unpaired) electrons. The van der Waals surface area contributed by atoms with Crippen molar-refractivity contribution in [2.75, 3.05) is 45.2 Å². The number of nitrogens with two attached hydrogens (primary N) is 1. The Balaban J connectivity index is 1.20. The number of imide groups is 1. The van der Waals surface area contributed by atoms with Gasteiger partial charge >= 0.3 is 0 Å². The molecule has 3 amide bonds. The van der Waals surface area contributed by atoms with Crippen LogP contribution < -0.4 is 25.0 Å². The lowest BCUT2D eigenvalue weighted by Gasteiger charge is -2.23. The van der Waals surface area contributed by atoms with Gasteiger partial charge in [0.2, 0.25) is 5.91 Å². The molecule has 56 heavy (non-hydrogen) atoms. The topological polar surface area (TPSA) is 168 Å². The third kappa shape index (κ3) is 10.7. The number of ether oxygens (including phenoxy) is 3. The van der Waals surface area contributed by atoms with Crippen molar-refractivity contribution in [1.82, 2.24) is 9.80 Å². The maximum Gasteiger partial charge on any atom is 0.264 e. The van der Waals surface area contributed by atoms with Crippen LogP contribution in [-0.4, -0.2) is 74.3 Å². The van der Waals surface area contributed by atoms with E-state index in [0.29, 0.717) is 36.6 Å². The number of rotatable bonds is 21. The highest BCUT2D eigenvalue weighted by atomic mass is 16.5. The first-order valence-corrected chi connectivity index (χ1v) is 19.1. The Morgan fingerprint density at radius 3 is 2.30 bits per heavy atom. The third-order valence-corrected chi connectivity index (χ3v) is 9.92. The van der Waals surface area contributed by atoms with Crippen molar-refractivity contribution in [3.8, 4) is 17.2 Å². The number of benzene rings is 3. The zero-order chi connectivity index (χ0) is 41.0. The lowest BCUT2D eigenvalue weighted by molar-refractivity contribution is -0.130. The minimum atomic E-state index is -1.04. The summed E-state index contributed by atoms with van der Waals surface area (Å²) in [6.45, 7) is 9.54. The van der Waals surface area contributed by atoms with E-state index in [1.54, 1.807) is 50.4 Å². The number of nitrogens with one attached hydrogen (secondary N) is 1. The number of methoxy groups -OCH3 is 2. The van der Waals surface area contributed by atoms with Gasteiger partial charge < -0.3 is 29.6 Å². The SMILES string of the molecule is COc1ccc(OC)c(N(N=N)/C(C)=C/c2cc(OCCCCCCCCN(C)C(=O)CCC(C=O)N3C(=O)c4cccc(N)c4C3=O)cc(C(C)(C)C)c2)c1. The van der Waals surface area contributed by atoms with E-state index in [4.69, 9.17) is 25.5 Å². The van der Waals surface area contributed by atoms with Gasteiger partial charge in [-0.25, -0.2) is 5.01 Å². The molecule has 3 N–H and O–H groups in total. The second kappa shape index (κ2) is 19.7. The predicted octanol–water partition coefficient (Wildman–Crippen LogP) is 8.22. The van der Waals surface area contributed by atoms with Crippen molar-refractivity contribution < 1.29 is 33.4 Å². The highest BCUT2D eigenvalue weighted by molar-refractivity contribution is 6.24. The fraction of sp³-hybridized carbons (Fsp3) is 0.442. The van der Waals surface area contributed by atoms with Gasteiger partial charge in [-0.1, -0.05) is 63.8 Å². The Morgan fingerprint density at radius 2 is 1.66 bits per heavy atom. The van der Waals surface area contributed by atoms with E-state index in [9.17, 15) is 19.2 Å². The van der Waals surface area contributed by atoms with E-state index < -0.39 is 17.9 Å². The van der Waals surface area contributed by atoms with Crippen LogP contribution in [0.2, 0.25) is 0 Å². The molecule has 0 aliphatic carbocycles. The van der Waals surface area contributed by atoms with Crippen LogP contribution in [-0.2, 0) is 15.0 Å². The van der Waals surface area contributed by atoms with Crippen LogP contribution in [0.1, 0.15) is 111 Å². The molecule has 1 heterocycles. The summed E-state index contributed by atoms with van der Waals surface area (Å²) in [4.78, 5) is 53.0. The molecule has 13 heteroatoms. The Morgan fingerprint density at radius 1 is 0.946 bits per heavy atom. The van der Waals surface area contributed by atoms with Crippen molar-refractivity contribution in [2.45, 2.75) is 90.5 Å². The molecule has 0 bridgehead atoms. The lowest BCUT2D eigenvalue weighted by atomic mass is 9.86. The zero-order valence-corrected chi connectivity index (χ0v) is 33.7. The van der Waals surface area contributed by atoms with Gasteiger partial charge in [0.25, 0.3) is 11.8 Å². The molecule has 0 spiro atoms. The maximum atomic E-state index is 12.9. The predicted molar refractivity (Wildman–Crippen MR) is 217 cm³/mol. The van der Waals surface area contributed by atoms with Crippen molar-refractivity contribution in [3.63, 3.8) is 0 Å². The van der Waals surface area contributed by atoms with Crippen LogP contribution in [0.15, 0.2) is 65.5 Å². The second-order valence-electron chi connectivity index (χ2n) is 15.1. The fourth-order valence-corrected chi connectivity index (χ4v) is 6.63. The molecule has 3 aromatic rings. The third-order valence-electron chi connectivity index (χ3n) is 9.92. The number of anilines is 2. The number of allylic oxidation sites excluding steroid dienone is 1. The fourth-order valence-electron chi connectivity index (χ4n) is 6.63. The molecule has 3 aromatic carbocycles. The summed E-state index contributed by atoms with van der Waals surface area (Å²) in [5.41, 5.74) is 17.6. The van der Waals surface area contributed by atoms with Crippen LogP contribution in [0, 0.1) is 5.53 Å². The average Bonchev–Trinajstić information content (AvgIpc) is 3.43. The highest BCUT2D eigenvalue weighted by Gasteiger charge is 2.41. The first-order chi connectivity index (χ1) is 26.7. The van der Waals surface area contributed by atoms with Gasteiger partial charge in [-0.2, -0.15) is 5.53 Å². The summed E-state index contributed by atoms with van der Waals surface area (Å²) in [7, 11) is 4.90. The van der Waals surface area contributed by atoms with Crippen LogP contribution in [0.5, 0.6) is 17.2 Å². The van der Waals surface area contributed by atoms with Crippen LogP contribution >= 0.6 is 0 Å². The van der Waals surface area contributed by atoms with E-state index >= 15 is 0 Å². The summed E-state index contributed by atoms with van der Waals surface area (Å²) in [5, 5.41) is 5.29. The number of hydrogen-bond acceptors (Lipinski definition) is 10. The Hall–Kier alpha value is -5.72. The summed E-state index contributed by atoms with van der Waals surface area (Å²) in [6.07, 6.45) is 8.42. The smallest absolute Gasteiger partial charge is 0.264 e. The van der Waals surface area contributed by atoms with Gasteiger partial charge in [0.05, 0.1) is 38.0 Å². The molecule has 300 valence electrons. The molecular formula is C43H56N6O7. The van der Waals surface area contributed by atoms with Gasteiger partial charge in [0, 0.05) is 37.5 Å². The molecule has 0 saturated heterocycles. The number of hydrogen-bond donors (Lipinski definition) is 2. The molecule has 1 aliphatic rings. The number of amides is 3. The quantitative estimate of drug-likeness (QED) is 0.0271. The lowest BCUT2D eigenvalue weighted by Crippen LogP contribution is -2.41. The minimum Gasteiger partial charge on any atom is -0.497 e. The largest absolute Gasteiger partial charge is 0.497 e. The normalized spacial score (nSPS) is 13.3. The summed E-state index contributed by atoms with van der Waals surface area (Å²) in [5.74, 6) is 0.664. The van der Waals surface area contributed by atoms with Gasteiger partial charge in [0.1, 0.15) is 29.2 Å². The Bertz CT molecular complexity index is 1920. The zero-order valence-electron chi connectivity index (χ0n) is 33.7. The summed E-state index contributed by atoms with van der Waals surface area (Å²) < 4.78 is 17.2. The van der Waals surface area contributed by atoms with E-state index in [2.05, 4.69) is 38.1 Å². The number of unbranched alkanes of at least 4 members (excludes halogenated alkanes) is 5. The Kier molecular flexibility index (Phi) is 15.2. The molecule has 0 saturated carbocycles. The van der Waals surface area contributed by atoms with Crippen molar-refractivity contribution in [2.24, 2.45) is 5.22 Å². The molecule has 4 rings (SSSR count). The second-order valence-corrected chi connectivity index (χ2v) is 15.1. The van der Waals surface area contributed by atoms with Crippen molar-refractivity contribution in [3.05, 3.63) is 82.5 Å². The van der Waals surface area contributed by atoms with Gasteiger partial charge in [0.15, 0.2) is 0 Å². The van der Waals surface area contributed by atoms with Crippen LogP contribution in [0.4, 0.5) is 11.4 Å². The number of carbonyl (C=O) groups is 4.